The van der Waals surface area contributed by atoms with Crippen molar-refractivity contribution in [2.24, 2.45) is 0 Å². The third kappa shape index (κ3) is 3.49. The molecule has 1 aliphatic rings. The zero-order chi connectivity index (χ0) is 16.2. The predicted molar refractivity (Wildman–Crippen MR) is 86.2 cm³/mol. The average Bonchev–Trinajstić information content (AvgIpc) is 3.26. The number of amides is 1. The van der Waals surface area contributed by atoms with E-state index in [0.29, 0.717) is 5.82 Å². The summed E-state index contributed by atoms with van der Waals surface area (Å²) in [5, 5.41) is 6.73. The predicted octanol–water partition coefficient (Wildman–Crippen LogP) is 2.26. The van der Waals surface area contributed by atoms with Crippen molar-refractivity contribution in [1.29, 1.82) is 0 Å². The molecule has 2 aromatic rings. The fourth-order valence-electron chi connectivity index (χ4n) is 2.50. The van der Waals surface area contributed by atoms with Crippen LogP contribution in [0.2, 0.25) is 0 Å². The molecule has 7 nitrogen and oxygen atoms in total. The van der Waals surface area contributed by atoms with Crippen molar-refractivity contribution in [2.45, 2.75) is 39.2 Å². The second-order valence-electron chi connectivity index (χ2n) is 5.80. The van der Waals surface area contributed by atoms with Crippen molar-refractivity contribution in [3.05, 3.63) is 24.2 Å². The highest BCUT2D eigenvalue weighted by Gasteiger charge is 2.19. The van der Waals surface area contributed by atoms with Crippen molar-refractivity contribution in [3.8, 4) is 11.4 Å². The van der Waals surface area contributed by atoms with Crippen molar-refractivity contribution < 1.29 is 9.32 Å². The molecule has 0 spiro atoms. The van der Waals surface area contributed by atoms with Gasteiger partial charge in [0.2, 0.25) is 5.82 Å². The average molecular weight is 315 g/mol. The number of aromatic nitrogens is 3. The molecule has 2 aromatic heterocycles. The largest absolute Gasteiger partial charge is 0.357 e. The SMILES string of the molecule is CCC(C)NC(=O)c1nc(-c2ccnc(N3CCCC3)c2)no1. The number of rotatable bonds is 5. The minimum absolute atomic E-state index is 0.0140. The van der Waals surface area contributed by atoms with Crippen LogP contribution < -0.4 is 10.2 Å². The number of anilines is 1. The molecule has 122 valence electrons. The van der Waals surface area contributed by atoms with Gasteiger partial charge in [-0.15, -0.1) is 0 Å². The van der Waals surface area contributed by atoms with Crippen molar-refractivity contribution in [2.75, 3.05) is 18.0 Å². The number of pyridine rings is 1. The monoisotopic (exact) mass is 315 g/mol. The molecule has 3 rings (SSSR count). The molecule has 1 saturated heterocycles. The highest BCUT2D eigenvalue weighted by Crippen LogP contribution is 2.23. The summed E-state index contributed by atoms with van der Waals surface area (Å²) in [6.45, 7) is 5.97. The molecule has 1 atom stereocenters. The van der Waals surface area contributed by atoms with E-state index in [-0.39, 0.29) is 17.8 Å². The minimum Gasteiger partial charge on any atom is -0.357 e. The number of nitrogens with zero attached hydrogens (tertiary/aromatic N) is 4. The van der Waals surface area contributed by atoms with Crippen LogP contribution >= 0.6 is 0 Å². The molecule has 1 unspecified atom stereocenters. The molecule has 1 fully saturated rings. The minimum atomic E-state index is -0.341. The van der Waals surface area contributed by atoms with Crippen LogP contribution in [0.5, 0.6) is 0 Å². The molecule has 1 N–H and O–H groups in total. The van der Waals surface area contributed by atoms with Gasteiger partial charge < -0.3 is 14.7 Å². The number of carbonyl (C=O) groups is 1. The van der Waals surface area contributed by atoms with Crippen LogP contribution in [0.25, 0.3) is 11.4 Å². The quantitative estimate of drug-likeness (QED) is 0.911. The Morgan fingerprint density at radius 3 is 2.96 bits per heavy atom. The van der Waals surface area contributed by atoms with Gasteiger partial charge in [-0.2, -0.15) is 4.98 Å². The fraction of sp³-hybridized carbons (Fsp3) is 0.500. The number of carbonyl (C=O) groups excluding carboxylic acids is 1. The second kappa shape index (κ2) is 6.76. The number of hydrogen-bond acceptors (Lipinski definition) is 6. The topological polar surface area (TPSA) is 84.2 Å². The Morgan fingerprint density at radius 1 is 1.43 bits per heavy atom. The Labute approximate surface area is 135 Å². The van der Waals surface area contributed by atoms with Crippen LogP contribution in [-0.4, -0.2) is 40.2 Å². The van der Waals surface area contributed by atoms with E-state index >= 15 is 0 Å². The Balaban J connectivity index is 1.77. The standard InChI is InChI=1S/C16H21N5O2/c1-3-11(2)18-15(22)16-19-14(20-23-16)12-6-7-17-13(10-12)21-8-4-5-9-21/h6-7,10-11H,3-5,8-9H2,1-2H3,(H,18,22). The molecule has 3 heterocycles. The van der Waals surface area contributed by atoms with E-state index in [1.165, 1.54) is 12.8 Å². The highest BCUT2D eigenvalue weighted by molar-refractivity contribution is 5.90. The second-order valence-corrected chi connectivity index (χ2v) is 5.80. The highest BCUT2D eigenvalue weighted by atomic mass is 16.5. The van der Waals surface area contributed by atoms with E-state index < -0.39 is 0 Å². The maximum Gasteiger partial charge on any atom is 0.316 e. The van der Waals surface area contributed by atoms with E-state index in [4.69, 9.17) is 4.52 Å². The molecule has 23 heavy (non-hydrogen) atoms. The van der Waals surface area contributed by atoms with Crippen molar-refractivity contribution in [3.63, 3.8) is 0 Å². The normalized spacial score (nSPS) is 15.7. The van der Waals surface area contributed by atoms with E-state index in [0.717, 1.165) is 30.9 Å². The smallest absolute Gasteiger partial charge is 0.316 e. The molecular formula is C16H21N5O2. The Morgan fingerprint density at radius 2 is 2.22 bits per heavy atom. The van der Waals surface area contributed by atoms with Gasteiger partial charge in [-0.05, 0) is 38.3 Å². The van der Waals surface area contributed by atoms with Gasteiger partial charge in [0.15, 0.2) is 0 Å². The van der Waals surface area contributed by atoms with E-state index in [2.05, 4.69) is 25.3 Å². The first kappa shape index (κ1) is 15.5. The Hall–Kier alpha value is -2.44. The summed E-state index contributed by atoms with van der Waals surface area (Å²) >= 11 is 0. The summed E-state index contributed by atoms with van der Waals surface area (Å²) in [4.78, 5) is 22.8. The number of hydrogen-bond donors (Lipinski definition) is 1. The molecule has 0 aliphatic carbocycles. The summed E-state index contributed by atoms with van der Waals surface area (Å²) in [5.74, 6) is 0.962. The molecule has 7 heteroatoms. The third-order valence-corrected chi connectivity index (χ3v) is 4.04. The first-order valence-corrected chi connectivity index (χ1v) is 8.03. The van der Waals surface area contributed by atoms with Crippen LogP contribution in [0, 0.1) is 0 Å². The molecule has 0 bridgehead atoms. The van der Waals surface area contributed by atoms with E-state index in [1.807, 2.05) is 26.0 Å². The van der Waals surface area contributed by atoms with Crippen LogP contribution in [0.1, 0.15) is 43.8 Å². The van der Waals surface area contributed by atoms with E-state index in [1.54, 1.807) is 6.20 Å². The summed E-state index contributed by atoms with van der Waals surface area (Å²) in [6.07, 6.45) is 4.95. The zero-order valence-electron chi connectivity index (χ0n) is 13.5. The first-order valence-electron chi connectivity index (χ1n) is 8.03. The number of nitrogens with one attached hydrogen (secondary N) is 1. The van der Waals surface area contributed by atoms with Gasteiger partial charge in [0.25, 0.3) is 0 Å². The molecule has 1 aliphatic heterocycles. The van der Waals surface area contributed by atoms with Gasteiger partial charge in [0, 0.05) is 30.9 Å². The molecule has 0 radical (unpaired) electrons. The fourth-order valence-corrected chi connectivity index (χ4v) is 2.50. The van der Waals surface area contributed by atoms with Crippen LogP contribution in [0.3, 0.4) is 0 Å². The van der Waals surface area contributed by atoms with Gasteiger partial charge in [-0.25, -0.2) is 4.98 Å². The lowest BCUT2D eigenvalue weighted by atomic mass is 10.2. The Kier molecular flexibility index (Phi) is 4.55. The lowest BCUT2D eigenvalue weighted by molar-refractivity contribution is 0.0895. The van der Waals surface area contributed by atoms with Gasteiger partial charge in [-0.3, -0.25) is 4.79 Å². The van der Waals surface area contributed by atoms with Gasteiger partial charge in [-0.1, -0.05) is 12.1 Å². The molecular weight excluding hydrogens is 294 g/mol. The van der Waals surface area contributed by atoms with Gasteiger partial charge in [0.05, 0.1) is 0 Å². The summed E-state index contributed by atoms with van der Waals surface area (Å²) in [5.41, 5.74) is 0.799. The first-order chi connectivity index (χ1) is 11.2. The van der Waals surface area contributed by atoms with Crippen molar-refractivity contribution >= 4 is 11.7 Å². The summed E-state index contributed by atoms with van der Waals surface area (Å²) < 4.78 is 5.08. The van der Waals surface area contributed by atoms with Crippen LogP contribution in [0.15, 0.2) is 22.9 Å². The van der Waals surface area contributed by atoms with Gasteiger partial charge >= 0.3 is 11.8 Å². The lowest BCUT2D eigenvalue weighted by Crippen LogP contribution is -2.32. The van der Waals surface area contributed by atoms with Crippen LogP contribution in [0.4, 0.5) is 5.82 Å². The zero-order valence-corrected chi connectivity index (χ0v) is 13.5. The molecule has 0 aromatic carbocycles. The maximum atomic E-state index is 12.0. The van der Waals surface area contributed by atoms with Crippen molar-refractivity contribution in [1.82, 2.24) is 20.4 Å². The summed E-state index contributed by atoms with van der Waals surface area (Å²) in [7, 11) is 0. The van der Waals surface area contributed by atoms with E-state index in [9.17, 15) is 4.79 Å². The van der Waals surface area contributed by atoms with Crippen LogP contribution in [-0.2, 0) is 0 Å². The summed E-state index contributed by atoms with van der Waals surface area (Å²) in [6, 6.07) is 3.83. The third-order valence-electron chi connectivity index (χ3n) is 4.04. The lowest BCUT2D eigenvalue weighted by Gasteiger charge is -2.16. The molecule has 0 saturated carbocycles. The maximum absolute atomic E-state index is 12.0. The Bertz CT molecular complexity index is 679. The van der Waals surface area contributed by atoms with Gasteiger partial charge in [0.1, 0.15) is 5.82 Å². The molecule has 1 amide bonds.